The summed E-state index contributed by atoms with van der Waals surface area (Å²) >= 11 is 0. The maximum absolute atomic E-state index is 13.5. The predicted octanol–water partition coefficient (Wildman–Crippen LogP) is 2.73. The Balaban J connectivity index is 1.59. The van der Waals surface area contributed by atoms with Gasteiger partial charge in [-0.25, -0.2) is 4.39 Å². The zero-order chi connectivity index (χ0) is 16.5. The number of methoxy groups -OCH3 is 1. The number of aliphatic hydroxyl groups is 1. The monoisotopic (exact) mass is 323 g/mol. The van der Waals surface area contributed by atoms with Crippen molar-refractivity contribution in [3.63, 3.8) is 0 Å². The molecule has 0 aliphatic carbocycles. The highest BCUT2D eigenvalue weighted by Crippen LogP contribution is 2.39. The number of piperidine rings is 1. The lowest BCUT2D eigenvalue weighted by atomic mass is 9.78. The van der Waals surface area contributed by atoms with Crippen molar-refractivity contribution in [3.8, 4) is 5.75 Å². The van der Waals surface area contributed by atoms with Gasteiger partial charge in [0.05, 0.1) is 24.9 Å². The van der Waals surface area contributed by atoms with Crippen LogP contribution in [0.4, 0.5) is 4.39 Å². The molecule has 3 rings (SSSR count). The first-order chi connectivity index (χ1) is 10.9. The summed E-state index contributed by atoms with van der Waals surface area (Å²) in [5.41, 5.74) is 0.277. The van der Waals surface area contributed by atoms with Crippen LogP contribution < -0.4 is 4.74 Å². The van der Waals surface area contributed by atoms with Crippen LogP contribution in [0.1, 0.15) is 38.2 Å². The van der Waals surface area contributed by atoms with Gasteiger partial charge in [0.1, 0.15) is 0 Å². The molecular weight excluding hydrogens is 297 g/mol. The molecule has 23 heavy (non-hydrogen) atoms. The summed E-state index contributed by atoms with van der Waals surface area (Å²) in [4.78, 5) is 2.35. The first kappa shape index (κ1) is 16.7. The maximum atomic E-state index is 13.5. The lowest BCUT2D eigenvalue weighted by molar-refractivity contribution is -0.173. The Kier molecular flexibility index (Phi) is 4.63. The lowest BCUT2D eigenvalue weighted by Crippen LogP contribution is -2.53. The Labute approximate surface area is 137 Å². The van der Waals surface area contributed by atoms with Gasteiger partial charge in [0.15, 0.2) is 11.6 Å². The van der Waals surface area contributed by atoms with Crippen LogP contribution in [-0.4, -0.2) is 48.0 Å². The van der Waals surface area contributed by atoms with Gasteiger partial charge in [0.2, 0.25) is 0 Å². The number of ether oxygens (including phenoxy) is 2. The van der Waals surface area contributed by atoms with Crippen LogP contribution in [0.25, 0.3) is 0 Å². The van der Waals surface area contributed by atoms with E-state index in [2.05, 4.69) is 4.90 Å². The molecule has 1 aromatic rings. The van der Waals surface area contributed by atoms with E-state index in [1.165, 1.54) is 13.2 Å². The fourth-order valence-electron chi connectivity index (χ4n) is 3.82. The summed E-state index contributed by atoms with van der Waals surface area (Å²) in [5.74, 6) is -0.0330. The third kappa shape index (κ3) is 3.84. The molecule has 0 radical (unpaired) electrons. The van der Waals surface area contributed by atoms with Gasteiger partial charge >= 0.3 is 0 Å². The Morgan fingerprint density at radius 1 is 1.30 bits per heavy atom. The van der Waals surface area contributed by atoms with Crippen LogP contribution in [0.2, 0.25) is 0 Å². The third-order valence-electron chi connectivity index (χ3n) is 5.14. The Morgan fingerprint density at radius 2 is 2.04 bits per heavy atom. The molecule has 0 bridgehead atoms. The molecule has 1 atom stereocenters. The van der Waals surface area contributed by atoms with E-state index in [4.69, 9.17) is 9.47 Å². The normalized spacial score (nSPS) is 28.0. The van der Waals surface area contributed by atoms with E-state index in [1.807, 2.05) is 13.0 Å². The molecule has 1 N–H and O–H groups in total. The highest BCUT2D eigenvalue weighted by Gasteiger charge is 2.44. The van der Waals surface area contributed by atoms with Gasteiger partial charge in [-0.05, 0) is 43.9 Å². The summed E-state index contributed by atoms with van der Waals surface area (Å²) < 4.78 is 24.6. The van der Waals surface area contributed by atoms with E-state index in [0.29, 0.717) is 18.8 Å². The van der Waals surface area contributed by atoms with Gasteiger partial charge in [-0.1, -0.05) is 6.07 Å². The molecular formula is C18H26FNO3. The summed E-state index contributed by atoms with van der Waals surface area (Å²) in [7, 11) is 1.49. The van der Waals surface area contributed by atoms with E-state index in [1.54, 1.807) is 6.07 Å². The number of hydrogen-bond donors (Lipinski definition) is 1. The van der Waals surface area contributed by atoms with Gasteiger partial charge in [0, 0.05) is 26.1 Å². The summed E-state index contributed by atoms with van der Waals surface area (Å²) in [6.07, 6.45) is 3.30. The number of hydrogen-bond acceptors (Lipinski definition) is 4. The molecule has 1 aromatic carbocycles. The molecule has 128 valence electrons. The predicted molar refractivity (Wildman–Crippen MR) is 86.0 cm³/mol. The number of rotatable bonds is 3. The zero-order valence-electron chi connectivity index (χ0n) is 14.0. The van der Waals surface area contributed by atoms with Crippen molar-refractivity contribution in [2.45, 2.75) is 50.4 Å². The Bertz CT molecular complexity index is 553. The van der Waals surface area contributed by atoms with Crippen molar-refractivity contribution in [2.24, 2.45) is 0 Å². The standard InChI is InChI=1S/C18H26FNO3/c1-17(21)7-10-23-18(13-17)5-8-20(9-6-18)12-14-3-4-15(19)16(11-14)22-2/h3-4,11,21H,5-10,12-13H2,1-2H3. The molecule has 1 unspecified atom stereocenters. The molecule has 5 heteroatoms. The number of halogens is 1. The number of benzene rings is 1. The second kappa shape index (κ2) is 6.38. The van der Waals surface area contributed by atoms with Crippen LogP contribution in [-0.2, 0) is 11.3 Å². The minimum absolute atomic E-state index is 0.168. The zero-order valence-corrected chi connectivity index (χ0v) is 14.0. The van der Waals surface area contributed by atoms with Gasteiger partial charge in [-0.3, -0.25) is 4.90 Å². The van der Waals surface area contributed by atoms with Crippen molar-refractivity contribution in [3.05, 3.63) is 29.6 Å². The van der Waals surface area contributed by atoms with Crippen molar-refractivity contribution >= 4 is 0 Å². The highest BCUT2D eigenvalue weighted by molar-refractivity contribution is 5.30. The highest BCUT2D eigenvalue weighted by atomic mass is 19.1. The second-order valence-corrected chi connectivity index (χ2v) is 7.20. The van der Waals surface area contributed by atoms with Crippen LogP contribution in [0.15, 0.2) is 18.2 Å². The van der Waals surface area contributed by atoms with Gasteiger partial charge in [-0.15, -0.1) is 0 Å². The summed E-state index contributed by atoms with van der Waals surface area (Å²) in [5, 5.41) is 10.3. The third-order valence-corrected chi connectivity index (χ3v) is 5.14. The largest absolute Gasteiger partial charge is 0.494 e. The summed E-state index contributed by atoms with van der Waals surface area (Å²) in [6, 6.07) is 5.03. The molecule has 2 aliphatic rings. The topological polar surface area (TPSA) is 41.9 Å². The molecule has 2 heterocycles. The Hall–Kier alpha value is -1.17. The average Bonchev–Trinajstić information content (AvgIpc) is 2.50. The van der Waals surface area contributed by atoms with Crippen molar-refractivity contribution in [1.82, 2.24) is 4.90 Å². The maximum Gasteiger partial charge on any atom is 0.165 e. The van der Waals surface area contributed by atoms with E-state index in [-0.39, 0.29) is 11.4 Å². The van der Waals surface area contributed by atoms with Crippen LogP contribution in [0.3, 0.4) is 0 Å². The van der Waals surface area contributed by atoms with Gasteiger partial charge in [0.25, 0.3) is 0 Å². The number of likely N-dealkylation sites (tertiary alicyclic amines) is 1. The summed E-state index contributed by atoms with van der Waals surface area (Å²) in [6.45, 7) is 5.19. The van der Waals surface area contributed by atoms with Crippen molar-refractivity contribution in [1.29, 1.82) is 0 Å². The number of nitrogens with zero attached hydrogens (tertiary/aromatic N) is 1. The smallest absolute Gasteiger partial charge is 0.165 e. The minimum atomic E-state index is -0.606. The minimum Gasteiger partial charge on any atom is -0.494 e. The molecule has 0 aromatic heterocycles. The quantitative estimate of drug-likeness (QED) is 0.929. The van der Waals surface area contributed by atoms with Crippen LogP contribution >= 0.6 is 0 Å². The van der Waals surface area contributed by atoms with Crippen molar-refractivity contribution < 1.29 is 19.0 Å². The van der Waals surface area contributed by atoms with Gasteiger partial charge < -0.3 is 14.6 Å². The van der Waals surface area contributed by atoms with Crippen LogP contribution in [0, 0.1) is 5.82 Å². The molecule has 0 amide bonds. The molecule has 4 nitrogen and oxygen atoms in total. The first-order valence-corrected chi connectivity index (χ1v) is 8.33. The Morgan fingerprint density at radius 3 is 2.70 bits per heavy atom. The fraction of sp³-hybridized carbons (Fsp3) is 0.667. The lowest BCUT2D eigenvalue weighted by Gasteiger charge is -2.48. The van der Waals surface area contributed by atoms with Crippen LogP contribution in [0.5, 0.6) is 5.75 Å². The van der Waals surface area contributed by atoms with E-state index >= 15 is 0 Å². The van der Waals surface area contributed by atoms with E-state index in [0.717, 1.165) is 44.5 Å². The molecule has 0 saturated carbocycles. The fourth-order valence-corrected chi connectivity index (χ4v) is 3.82. The van der Waals surface area contributed by atoms with E-state index < -0.39 is 5.60 Å². The molecule has 1 spiro atoms. The SMILES string of the molecule is COc1cc(CN2CCC3(CC2)CC(C)(O)CCO3)ccc1F. The molecule has 2 saturated heterocycles. The molecule has 2 aliphatic heterocycles. The van der Waals surface area contributed by atoms with Gasteiger partial charge in [-0.2, -0.15) is 0 Å². The van der Waals surface area contributed by atoms with Crippen molar-refractivity contribution in [2.75, 3.05) is 26.8 Å². The van der Waals surface area contributed by atoms with E-state index in [9.17, 15) is 9.50 Å². The average molecular weight is 323 g/mol. The second-order valence-electron chi connectivity index (χ2n) is 7.20. The molecule has 2 fully saturated rings. The first-order valence-electron chi connectivity index (χ1n) is 8.33.